The third kappa shape index (κ3) is 5.05. The highest BCUT2D eigenvalue weighted by molar-refractivity contribution is 8.00. The Morgan fingerprint density at radius 2 is 1.97 bits per heavy atom. The highest BCUT2D eigenvalue weighted by Gasteiger charge is 2.58. The van der Waals surface area contributed by atoms with Crippen LogP contribution in [-0.4, -0.2) is 89.0 Å². The van der Waals surface area contributed by atoms with E-state index in [1.54, 1.807) is 38.8 Å². The molecule has 3 heterocycles. The van der Waals surface area contributed by atoms with Gasteiger partial charge in [0.25, 0.3) is 5.91 Å². The molecule has 3 atom stereocenters. The molecule has 2 fully saturated rings. The van der Waals surface area contributed by atoms with Crippen molar-refractivity contribution in [3.8, 4) is 0 Å². The van der Waals surface area contributed by atoms with Crippen LogP contribution in [0, 0.1) is 5.41 Å². The lowest BCUT2D eigenvalue weighted by atomic mass is 9.88. The number of aromatic carboxylic acids is 1. The summed E-state index contributed by atoms with van der Waals surface area (Å²) in [5.41, 5.74) is -1.88. The summed E-state index contributed by atoms with van der Waals surface area (Å²) < 4.78 is 7.22. The molecule has 0 bridgehead atoms. The number of benzene rings is 1. The van der Waals surface area contributed by atoms with Gasteiger partial charge in [-0.05, 0) is 43.3 Å². The van der Waals surface area contributed by atoms with Crippen molar-refractivity contribution in [3.63, 3.8) is 0 Å². The first-order chi connectivity index (χ1) is 16.9. The fourth-order valence-corrected chi connectivity index (χ4v) is 6.62. The van der Waals surface area contributed by atoms with Crippen LogP contribution in [0.15, 0.2) is 29.4 Å². The minimum atomic E-state index is -1.23. The molecule has 12 nitrogen and oxygen atoms in total. The van der Waals surface area contributed by atoms with Crippen molar-refractivity contribution in [1.29, 1.82) is 0 Å². The minimum absolute atomic E-state index is 0.0196. The van der Waals surface area contributed by atoms with Crippen LogP contribution in [0.1, 0.15) is 41.5 Å². The number of β-lactam (4-membered cyclic amide) rings is 1. The zero-order chi connectivity index (χ0) is 26.3. The Balaban J connectivity index is 1.49. The van der Waals surface area contributed by atoms with Gasteiger partial charge < -0.3 is 20.1 Å². The van der Waals surface area contributed by atoms with Crippen LogP contribution >= 0.6 is 23.5 Å². The maximum absolute atomic E-state index is 13.3. The fourth-order valence-electron chi connectivity index (χ4n) is 3.92. The van der Waals surface area contributed by atoms with Crippen molar-refractivity contribution in [2.45, 2.75) is 42.9 Å². The lowest BCUT2D eigenvalue weighted by molar-refractivity contribution is -0.169. The van der Waals surface area contributed by atoms with Crippen molar-refractivity contribution in [2.75, 3.05) is 18.1 Å². The number of carbonyl (C=O) groups is 4. The van der Waals surface area contributed by atoms with Crippen LogP contribution in [-0.2, 0) is 21.4 Å². The van der Waals surface area contributed by atoms with Crippen molar-refractivity contribution in [1.82, 2.24) is 30.4 Å². The lowest BCUT2D eigenvalue weighted by Crippen LogP contribution is -2.74. The SMILES string of the molecule is Cn1nnnc1SCC1(C(=O)OC(C)(C)C)CS[C@@H]2C(NC(=O)c3ccccc3C(=O)O)C(=O)N2C1. The van der Waals surface area contributed by atoms with E-state index in [0.717, 1.165) is 0 Å². The van der Waals surface area contributed by atoms with Crippen molar-refractivity contribution >= 4 is 47.3 Å². The van der Waals surface area contributed by atoms with Crippen LogP contribution in [0.2, 0.25) is 0 Å². The Labute approximate surface area is 215 Å². The second-order valence-corrected chi connectivity index (χ2v) is 11.7. The summed E-state index contributed by atoms with van der Waals surface area (Å²) >= 11 is 2.68. The minimum Gasteiger partial charge on any atom is -0.478 e. The van der Waals surface area contributed by atoms with E-state index in [0.29, 0.717) is 16.7 Å². The number of amides is 2. The molecule has 2 aliphatic heterocycles. The highest BCUT2D eigenvalue weighted by atomic mass is 32.2. The van der Waals surface area contributed by atoms with Gasteiger partial charge in [0.05, 0.1) is 11.1 Å². The Morgan fingerprint density at radius 1 is 1.28 bits per heavy atom. The quantitative estimate of drug-likeness (QED) is 0.297. The number of nitrogens with one attached hydrogen (secondary N) is 1. The van der Waals surface area contributed by atoms with Crippen molar-refractivity contribution in [2.24, 2.45) is 12.5 Å². The maximum atomic E-state index is 13.3. The number of aryl methyl sites for hydroxylation is 1. The molecule has 14 heteroatoms. The summed E-state index contributed by atoms with van der Waals surface area (Å²) in [4.78, 5) is 52.2. The van der Waals surface area contributed by atoms with Gasteiger partial charge in [-0.1, -0.05) is 23.9 Å². The van der Waals surface area contributed by atoms with Gasteiger partial charge in [-0.25, -0.2) is 9.48 Å². The van der Waals surface area contributed by atoms with E-state index < -0.39 is 34.9 Å². The number of aromatic nitrogens is 4. The number of esters is 1. The molecule has 0 saturated carbocycles. The Hall–Kier alpha value is -3.13. The van der Waals surface area contributed by atoms with Gasteiger partial charge in [0.2, 0.25) is 11.1 Å². The second-order valence-electron chi connectivity index (χ2n) is 9.63. The first-order valence-corrected chi connectivity index (χ1v) is 13.1. The molecule has 2 unspecified atom stereocenters. The normalized spacial score (nSPS) is 23.4. The van der Waals surface area contributed by atoms with Gasteiger partial charge in [-0.2, -0.15) is 0 Å². The van der Waals surface area contributed by atoms with E-state index in [9.17, 15) is 24.3 Å². The van der Waals surface area contributed by atoms with E-state index >= 15 is 0 Å². The molecule has 192 valence electrons. The van der Waals surface area contributed by atoms with E-state index in [1.807, 2.05) is 0 Å². The molecule has 2 aromatic rings. The van der Waals surface area contributed by atoms with Crippen LogP contribution < -0.4 is 5.32 Å². The Bertz CT molecular complexity index is 1210. The zero-order valence-electron chi connectivity index (χ0n) is 20.1. The Kier molecular flexibility index (Phi) is 7.01. The molecular formula is C22H26N6O6S2. The van der Waals surface area contributed by atoms with E-state index in [-0.39, 0.29) is 29.0 Å². The number of fused-ring (bicyclic) bond motifs is 1. The number of ether oxygens (including phenoxy) is 1. The largest absolute Gasteiger partial charge is 0.478 e. The number of nitrogens with zero attached hydrogens (tertiary/aromatic N) is 5. The van der Waals surface area contributed by atoms with Crippen LogP contribution in [0.3, 0.4) is 0 Å². The number of carboxylic acid groups (broad SMARTS) is 1. The predicted octanol–water partition coefficient (Wildman–Crippen LogP) is 1.04. The number of thioether (sulfide) groups is 2. The molecule has 0 radical (unpaired) electrons. The summed E-state index contributed by atoms with van der Waals surface area (Å²) in [5.74, 6) is -1.98. The summed E-state index contributed by atoms with van der Waals surface area (Å²) in [6, 6.07) is 5.00. The summed E-state index contributed by atoms with van der Waals surface area (Å²) in [5, 5.41) is 23.6. The molecule has 2 N–H and O–H groups in total. The van der Waals surface area contributed by atoms with E-state index in [2.05, 4.69) is 20.8 Å². The van der Waals surface area contributed by atoms with Crippen LogP contribution in [0.25, 0.3) is 0 Å². The van der Waals surface area contributed by atoms with E-state index in [4.69, 9.17) is 4.74 Å². The Morgan fingerprint density at radius 3 is 2.58 bits per heavy atom. The first-order valence-electron chi connectivity index (χ1n) is 11.1. The summed E-state index contributed by atoms with van der Waals surface area (Å²) in [6.07, 6.45) is 0. The molecule has 0 aliphatic carbocycles. The molecule has 4 rings (SSSR count). The second kappa shape index (κ2) is 9.73. The number of hydrogen-bond acceptors (Lipinski definition) is 10. The van der Waals surface area contributed by atoms with Gasteiger partial charge in [0.15, 0.2) is 0 Å². The smallest absolute Gasteiger partial charge is 0.336 e. The van der Waals surface area contributed by atoms with Gasteiger partial charge >= 0.3 is 11.9 Å². The average molecular weight is 535 g/mol. The van der Waals surface area contributed by atoms with E-state index in [1.165, 1.54) is 46.4 Å². The fraction of sp³-hybridized carbons (Fsp3) is 0.500. The van der Waals surface area contributed by atoms with Gasteiger partial charge in [-0.3, -0.25) is 14.4 Å². The third-order valence-electron chi connectivity index (χ3n) is 5.72. The number of carbonyl (C=O) groups excluding carboxylic acids is 3. The van der Waals surface area contributed by atoms with Gasteiger partial charge in [0.1, 0.15) is 22.4 Å². The molecule has 36 heavy (non-hydrogen) atoms. The molecular weight excluding hydrogens is 508 g/mol. The molecule has 0 spiro atoms. The predicted molar refractivity (Wildman–Crippen MR) is 130 cm³/mol. The van der Waals surface area contributed by atoms with Crippen molar-refractivity contribution < 1.29 is 29.0 Å². The standard InChI is InChI=1S/C22H26N6O6S2/c1-21(2,3)34-19(33)22(11-36-20-24-25-26-27(20)4)9-28-16(30)14(17(28)35-10-22)23-15(29)12-7-5-6-8-13(12)18(31)32/h5-8,14,17H,9-11H2,1-4H3,(H,23,29)(H,31,32)/t14?,17-,22?/m1/s1. The summed E-state index contributed by atoms with van der Waals surface area (Å²) in [7, 11) is 1.70. The lowest BCUT2D eigenvalue weighted by Gasteiger charge is -2.54. The van der Waals surface area contributed by atoms with Crippen LogP contribution in [0.4, 0.5) is 0 Å². The molecule has 1 aromatic heterocycles. The maximum Gasteiger partial charge on any atom is 0.336 e. The number of rotatable bonds is 7. The summed E-state index contributed by atoms with van der Waals surface area (Å²) in [6.45, 7) is 5.47. The number of carboxylic acids is 1. The molecule has 2 saturated heterocycles. The topological polar surface area (TPSA) is 157 Å². The first kappa shape index (κ1) is 25.9. The monoisotopic (exact) mass is 534 g/mol. The highest BCUT2D eigenvalue weighted by Crippen LogP contribution is 2.45. The number of hydrogen-bond donors (Lipinski definition) is 2. The third-order valence-corrected chi connectivity index (χ3v) is 8.61. The van der Waals surface area contributed by atoms with Crippen LogP contribution in [0.5, 0.6) is 0 Å². The molecule has 2 aliphatic rings. The van der Waals surface area contributed by atoms with Gasteiger partial charge in [-0.15, -0.1) is 16.9 Å². The van der Waals surface area contributed by atoms with Gasteiger partial charge in [0, 0.05) is 25.1 Å². The molecule has 2 amide bonds. The molecule has 1 aromatic carbocycles. The number of tetrazole rings is 1. The van der Waals surface area contributed by atoms with Crippen molar-refractivity contribution in [3.05, 3.63) is 35.4 Å². The average Bonchev–Trinajstić information content (AvgIpc) is 3.24. The zero-order valence-corrected chi connectivity index (χ0v) is 21.8.